The Labute approximate surface area is 171 Å². The molecule has 0 saturated carbocycles. The van der Waals surface area contributed by atoms with Gasteiger partial charge in [-0.3, -0.25) is 4.79 Å². The zero-order valence-corrected chi connectivity index (χ0v) is 17.4. The summed E-state index contributed by atoms with van der Waals surface area (Å²) in [5.41, 5.74) is 0.564. The smallest absolute Gasteiger partial charge is 0.421 e. The zero-order valence-electron chi connectivity index (χ0n) is 17.4. The largest absolute Gasteiger partial charge is 0.443 e. The van der Waals surface area contributed by atoms with Gasteiger partial charge in [0.15, 0.2) is 0 Å². The lowest BCUT2D eigenvalue weighted by molar-refractivity contribution is -0.123. The number of rotatable bonds is 5. The number of imide groups is 1. The van der Waals surface area contributed by atoms with Crippen LogP contribution in [0.2, 0.25) is 0 Å². The molecule has 0 fully saturated rings. The van der Waals surface area contributed by atoms with Crippen molar-refractivity contribution in [3.63, 3.8) is 0 Å². The standard InChI is InChI=1S/C24H27NO4/c1-17(26)14-15-24(16-18-10-6-5-7-11-18)19-12-8-9-13-20(19)25(21(24)27)22(28)29-23(2,3)4/h5-13H,14-16H2,1-4H3/t24-/m1/s1. The van der Waals surface area contributed by atoms with Crippen LogP contribution in [-0.2, 0) is 26.2 Å². The van der Waals surface area contributed by atoms with Gasteiger partial charge < -0.3 is 9.53 Å². The third-order valence-corrected chi connectivity index (χ3v) is 5.10. The summed E-state index contributed by atoms with van der Waals surface area (Å²) in [5.74, 6) is -0.323. The first-order valence-electron chi connectivity index (χ1n) is 9.84. The third-order valence-electron chi connectivity index (χ3n) is 5.10. The van der Waals surface area contributed by atoms with Gasteiger partial charge in [0, 0.05) is 6.42 Å². The number of nitrogens with zero attached hydrogens (tertiary/aromatic N) is 1. The van der Waals surface area contributed by atoms with Crippen LogP contribution < -0.4 is 4.90 Å². The number of carbonyl (C=O) groups is 3. The second-order valence-electron chi connectivity index (χ2n) is 8.58. The molecule has 0 N–H and O–H groups in total. The molecule has 2 amide bonds. The predicted molar refractivity (Wildman–Crippen MR) is 112 cm³/mol. The molecule has 1 aliphatic rings. The molecular weight excluding hydrogens is 366 g/mol. The number of hydrogen-bond acceptors (Lipinski definition) is 4. The average molecular weight is 393 g/mol. The van der Waals surface area contributed by atoms with Gasteiger partial charge in [0.2, 0.25) is 5.91 Å². The SMILES string of the molecule is CC(=O)CC[C@]1(Cc2ccccc2)C(=O)N(C(=O)OC(C)(C)C)c2ccccc21. The molecule has 0 unspecified atom stereocenters. The summed E-state index contributed by atoms with van der Waals surface area (Å²) in [6.45, 7) is 6.83. The number of para-hydroxylation sites is 1. The van der Waals surface area contributed by atoms with E-state index in [1.165, 1.54) is 6.92 Å². The van der Waals surface area contributed by atoms with E-state index in [0.29, 0.717) is 18.5 Å². The minimum atomic E-state index is -0.986. The Hall–Kier alpha value is -2.95. The molecule has 2 aromatic rings. The Kier molecular flexibility index (Phi) is 5.60. The number of ketones is 1. The van der Waals surface area contributed by atoms with E-state index in [2.05, 4.69) is 0 Å². The minimum absolute atomic E-state index is 0.0124. The maximum absolute atomic E-state index is 13.7. The van der Waals surface area contributed by atoms with Crippen molar-refractivity contribution in [1.29, 1.82) is 0 Å². The first-order chi connectivity index (χ1) is 13.6. The summed E-state index contributed by atoms with van der Waals surface area (Å²) in [6.07, 6.45) is 0.324. The van der Waals surface area contributed by atoms with Gasteiger partial charge in [-0.1, -0.05) is 48.5 Å². The van der Waals surface area contributed by atoms with Gasteiger partial charge >= 0.3 is 6.09 Å². The molecule has 1 atom stereocenters. The van der Waals surface area contributed by atoms with Gasteiger partial charge in [-0.25, -0.2) is 9.69 Å². The highest BCUT2D eigenvalue weighted by Crippen LogP contribution is 2.47. The third kappa shape index (κ3) is 4.24. The predicted octanol–water partition coefficient (Wildman–Crippen LogP) is 4.82. The normalized spacial score (nSPS) is 18.5. The van der Waals surface area contributed by atoms with Crippen molar-refractivity contribution in [2.75, 3.05) is 4.90 Å². The van der Waals surface area contributed by atoms with E-state index < -0.39 is 17.1 Å². The molecule has 0 radical (unpaired) electrons. The molecule has 0 spiro atoms. The van der Waals surface area contributed by atoms with Crippen LogP contribution in [0.1, 0.15) is 51.7 Å². The van der Waals surface area contributed by atoms with Gasteiger partial charge in [-0.2, -0.15) is 0 Å². The fourth-order valence-electron chi connectivity index (χ4n) is 3.84. The number of benzene rings is 2. The monoisotopic (exact) mass is 393 g/mol. The molecule has 2 aromatic carbocycles. The lowest BCUT2D eigenvalue weighted by Gasteiger charge is -2.29. The molecule has 0 aromatic heterocycles. The molecule has 0 bridgehead atoms. The number of anilines is 1. The number of Topliss-reactive ketones (excluding diaryl/α,β-unsaturated/α-hetero) is 1. The van der Waals surface area contributed by atoms with Crippen molar-refractivity contribution < 1.29 is 19.1 Å². The first kappa shape index (κ1) is 20.8. The lowest BCUT2D eigenvalue weighted by Crippen LogP contribution is -2.46. The number of hydrogen-bond donors (Lipinski definition) is 0. The maximum atomic E-state index is 13.7. The molecule has 152 valence electrons. The summed E-state index contributed by atoms with van der Waals surface area (Å²) >= 11 is 0. The van der Waals surface area contributed by atoms with Crippen LogP contribution in [0.4, 0.5) is 10.5 Å². The zero-order chi connectivity index (χ0) is 21.2. The molecule has 1 aliphatic heterocycles. The summed E-state index contributed by atoms with van der Waals surface area (Å²) in [5, 5.41) is 0. The van der Waals surface area contributed by atoms with Crippen LogP contribution in [0.15, 0.2) is 54.6 Å². The van der Waals surface area contributed by atoms with E-state index in [0.717, 1.165) is 16.0 Å². The van der Waals surface area contributed by atoms with Crippen LogP contribution in [-0.4, -0.2) is 23.4 Å². The highest BCUT2D eigenvalue weighted by Gasteiger charge is 2.53. The van der Waals surface area contributed by atoms with Gasteiger partial charge in [-0.05, 0) is 57.7 Å². The number of fused-ring (bicyclic) bond motifs is 1. The Morgan fingerprint density at radius 1 is 1.00 bits per heavy atom. The topological polar surface area (TPSA) is 63.7 Å². The minimum Gasteiger partial charge on any atom is -0.443 e. The van der Waals surface area contributed by atoms with Crippen LogP contribution in [0.5, 0.6) is 0 Å². The van der Waals surface area contributed by atoms with Crippen molar-refractivity contribution in [3.05, 3.63) is 65.7 Å². The van der Waals surface area contributed by atoms with Gasteiger partial charge in [0.05, 0.1) is 11.1 Å². The fourth-order valence-corrected chi connectivity index (χ4v) is 3.84. The fraction of sp³-hybridized carbons (Fsp3) is 0.375. The van der Waals surface area contributed by atoms with Crippen LogP contribution >= 0.6 is 0 Å². The van der Waals surface area contributed by atoms with Crippen LogP contribution in [0, 0.1) is 0 Å². The van der Waals surface area contributed by atoms with Crippen molar-refractivity contribution in [2.45, 2.75) is 58.0 Å². The number of carbonyl (C=O) groups excluding carboxylic acids is 3. The van der Waals surface area contributed by atoms with Crippen molar-refractivity contribution >= 4 is 23.5 Å². The summed E-state index contributed by atoms with van der Waals surface area (Å²) in [6, 6.07) is 17.0. The van der Waals surface area contributed by atoms with Gasteiger partial charge in [0.25, 0.3) is 0 Å². The number of ether oxygens (including phenoxy) is 1. The average Bonchev–Trinajstić information content (AvgIpc) is 2.88. The summed E-state index contributed by atoms with van der Waals surface area (Å²) in [7, 11) is 0. The van der Waals surface area contributed by atoms with E-state index in [1.54, 1.807) is 32.9 Å². The maximum Gasteiger partial charge on any atom is 0.421 e. The Morgan fingerprint density at radius 3 is 2.24 bits per heavy atom. The van der Waals surface area contributed by atoms with Crippen LogP contribution in [0.3, 0.4) is 0 Å². The van der Waals surface area contributed by atoms with E-state index in [4.69, 9.17) is 4.74 Å². The van der Waals surface area contributed by atoms with E-state index >= 15 is 0 Å². The van der Waals surface area contributed by atoms with Crippen molar-refractivity contribution in [3.8, 4) is 0 Å². The Morgan fingerprint density at radius 2 is 1.62 bits per heavy atom. The molecule has 5 nitrogen and oxygen atoms in total. The summed E-state index contributed by atoms with van der Waals surface area (Å²) in [4.78, 5) is 39.6. The quantitative estimate of drug-likeness (QED) is 0.731. The molecule has 0 saturated heterocycles. The van der Waals surface area contributed by atoms with E-state index in [1.807, 2.05) is 42.5 Å². The number of amides is 2. The highest BCUT2D eigenvalue weighted by atomic mass is 16.6. The second-order valence-corrected chi connectivity index (χ2v) is 8.58. The Bertz CT molecular complexity index is 929. The van der Waals surface area contributed by atoms with Crippen molar-refractivity contribution in [2.24, 2.45) is 0 Å². The molecular formula is C24H27NO4. The summed E-state index contributed by atoms with van der Waals surface area (Å²) < 4.78 is 5.52. The van der Waals surface area contributed by atoms with Gasteiger partial charge in [0.1, 0.15) is 11.4 Å². The molecule has 0 aliphatic carbocycles. The van der Waals surface area contributed by atoms with Gasteiger partial charge in [-0.15, -0.1) is 0 Å². The molecule has 1 heterocycles. The second kappa shape index (κ2) is 7.82. The lowest BCUT2D eigenvalue weighted by atomic mass is 9.73. The van der Waals surface area contributed by atoms with Crippen molar-refractivity contribution in [1.82, 2.24) is 0 Å². The molecule has 5 heteroatoms. The molecule has 29 heavy (non-hydrogen) atoms. The first-order valence-corrected chi connectivity index (χ1v) is 9.84. The highest BCUT2D eigenvalue weighted by molar-refractivity contribution is 6.21. The van der Waals surface area contributed by atoms with E-state index in [-0.39, 0.29) is 18.1 Å². The van der Waals surface area contributed by atoms with E-state index in [9.17, 15) is 14.4 Å². The van der Waals surface area contributed by atoms with Crippen LogP contribution in [0.25, 0.3) is 0 Å². The molecule has 3 rings (SSSR count). The Balaban J connectivity index is 2.10.